The molecule has 0 bridgehead atoms. The van der Waals surface area contributed by atoms with Crippen LogP contribution in [0, 0.1) is 5.82 Å². The molecule has 0 unspecified atom stereocenters. The molecule has 1 N–H and O–H groups in total. The van der Waals surface area contributed by atoms with Crippen LogP contribution in [0.3, 0.4) is 0 Å². The van der Waals surface area contributed by atoms with Gasteiger partial charge in [0.2, 0.25) is 0 Å². The van der Waals surface area contributed by atoms with Crippen LogP contribution in [0.15, 0.2) is 36.5 Å². The van der Waals surface area contributed by atoms with E-state index in [1.54, 1.807) is 12.3 Å². The zero-order chi connectivity index (χ0) is 13.9. The average molecular weight is 283 g/mol. The van der Waals surface area contributed by atoms with Crippen LogP contribution in [0.4, 0.5) is 4.39 Å². The van der Waals surface area contributed by atoms with E-state index in [9.17, 15) is 12.8 Å². The van der Waals surface area contributed by atoms with E-state index in [0.717, 1.165) is 17.4 Å². The van der Waals surface area contributed by atoms with Gasteiger partial charge in [-0.1, -0.05) is 12.1 Å². The molecule has 0 atom stereocenters. The Labute approximate surface area is 111 Å². The van der Waals surface area contributed by atoms with Crippen molar-refractivity contribution in [3.8, 4) is 0 Å². The molecule has 0 aliphatic carbocycles. The Morgan fingerprint density at radius 2 is 2.11 bits per heavy atom. The summed E-state index contributed by atoms with van der Waals surface area (Å²) in [6, 6.07) is 8.12. The zero-order valence-electron chi connectivity index (χ0n) is 10.4. The van der Waals surface area contributed by atoms with E-state index in [4.69, 9.17) is 4.18 Å². The van der Waals surface area contributed by atoms with Gasteiger partial charge < -0.3 is 4.98 Å². The summed E-state index contributed by atoms with van der Waals surface area (Å²) < 4.78 is 39.7. The van der Waals surface area contributed by atoms with E-state index in [1.807, 2.05) is 12.1 Å². The predicted octanol–water partition coefficient (Wildman–Crippen LogP) is 2.22. The van der Waals surface area contributed by atoms with Crippen LogP contribution in [0.5, 0.6) is 0 Å². The first-order valence-electron chi connectivity index (χ1n) is 5.68. The zero-order valence-corrected chi connectivity index (χ0v) is 11.2. The molecule has 6 heteroatoms. The molecule has 2 aromatic rings. The Bertz CT molecular complexity index is 664. The molecule has 0 spiro atoms. The second-order valence-corrected chi connectivity index (χ2v) is 5.90. The fourth-order valence-corrected chi connectivity index (χ4v) is 2.10. The molecule has 4 nitrogen and oxygen atoms in total. The monoisotopic (exact) mass is 283 g/mol. The number of hydrogen-bond donors (Lipinski definition) is 1. The molecule has 0 aliphatic heterocycles. The second kappa shape index (κ2) is 5.54. The van der Waals surface area contributed by atoms with Crippen molar-refractivity contribution in [1.82, 2.24) is 4.98 Å². The molecule has 0 saturated carbocycles. The van der Waals surface area contributed by atoms with Crippen LogP contribution in [0.1, 0.15) is 16.8 Å². The summed E-state index contributed by atoms with van der Waals surface area (Å²) in [5.41, 5.74) is 2.38. The third kappa shape index (κ3) is 4.18. The fraction of sp³-hybridized carbons (Fsp3) is 0.231. The largest absolute Gasteiger partial charge is 0.363 e. The predicted molar refractivity (Wildman–Crippen MR) is 69.6 cm³/mol. The molecule has 0 fully saturated rings. The molecule has 0 saturated heterocycles. The second-order valence-electron chi connectivity index (χ2n) is 4.25. The molecule has 19 heavy (non-hydrogen) atoms. The van der Waals surface area contributed by atoms with Gasteiger partial charge >= 0.3 is 0 Å². The fourth-order valence-electron chi connectivity index (χ4n) is 1.77. The third-order valence-electron chi connectivity index (χ3n) is 2.63. The van der Waals surface area contributed by atoms with Gasteiger partial charge in [-0.05, 0) is 35.7 Å². The molecule has 0 amide bonds. The number of aromatic nitrogens is 1. The number of aromatic amines is 1. The highest BCUT2D eigenvalue weighted by Crippen LogP contribution is 2.15. The van der Waals surface area contributed by atoms with Gasteiger partial charge in [-0.15, -0.1) is 0 Å². The van der Waals surface area contributed by atoms with E-state index >= 15 is 0 Å². The quantitative estimate of drug-likeness (QED) is 0.856. The Hall–Kier alpha value is -1.66. The topological polar surface area (TPSA) is 59.2 Å². The highest BCUT2D eigenvalue weighted by atomic mass is 32.2. The lowest BCUT2D eigenvalue weighted by atomic mass is 10.1. The first-order chi connectivity index (χ1) is 8.94. The van der Waals surface area contributed by atoms with Crippen molar-refractivity contribution in [2.75, 3.05) is 6.26 Å². The molecule has 1 aromatic heterocycles. The molecular weight excluding hydrogens is 269 g/mol. The minimum Gasteiger partial charge on any atom is -0.363 e. The van der Waals surface area contributed by atoms with Crippen LogP contribution in [0.2, 0.25) is 0 Å². The first kappa shape index (κ1) is 13.8. The van der Waals surface area contributed by atoms with Gasteiger partial charge in [-0.2, -0.15) is 8.42 Å². The average Bonchev–Trinajstić information content (AvgIpc) is 2.73. The summed E-state index contributed by atoms with van der Waals surface area (Å²) in [5, 5.41) is 0. The summed E-state index contributed by atoms with van der Waals surface area (Å²) in [6.07, 6.45) is 3.22. The molecule has 0 radical (unpaired) electrons. The van der Waals surface area contributed by atoms with Crippen molar-refractivity contribution in [2.45, 2.75) is 13.0 Å². The first-order valence-corrected chi connectivity index (χ1v) is 7.50. The number of halogens is 1. The maximum atomic E-state index is 13.1. The molecule has 1 aromatic carbocycles. The minimum absolute atomic E-state index is 0.0452. The number of hydrogen-bond acceptors (Lipinski definition) is 3. The lowest BCUT2D eigenvalue weighted by molar-refractivity contribution is 0.307. The summed E-state index contributed by atoms with van der Waals surface area (Å²) in [7, 11) is -3.48. The Balaban J connectivity index is 2.11. The van der Waals surface area contributed by atoms with Gasteiger partial charge in [0, 0.05) is 11.9 Å². The number of benzene rings is 1. The number of H-pyrrole nitrogens is 1. The van der Waals surface area contributed by atoms with Crippen molar-refractivity contribution in [3.63, 3.8) is 0 Å². The van der Waals surface area contributed by atoms with E-state index in [1.165, 1.54) is 12.1 Å². The smallest absolute Gasteiger partial charge is 0.264 e. The van der Waals surface area contributed by atoms with Crippen molar-refractivity contribution in [1.29, 1.82) is 0 Å². The van der Waals surface area contributed by atoms with Crippen LogP contribution >= 0.6 is 0 Å². The maximum Gasteiger partial charge on any atom is 0.264 e. The van der Waals surface area contributed by atoms with Crippen LogP contribution < -0.4 is 0 Å². The molecular formula is C13H14FNO3S. The van der Waals surface area contributed by atoms with Gasteiger partial charge in [0.1, 0.15) is 12.4 Å². The molecule has 2 rings (SSSR count). The molecule has 0 aliphatic rings. The SMILES string of the molecule is CS(=O)(=O)OCc1[nH]ccc1Cc1cccc(F)c1. The number of nitrogens with one attached hydrogen (secondary N) is 1. The molecule has 102 valence electrons. The Morgan fingerprint density at radius 1 is 1.32 bits per heavy atom. The van der Waals surface area contributed by atoms with E-state index in [0.29, 0.717) is 12.1 Å². The highest BCUT2D eigenvalue weighted by molar-refractivity contribution is 7.85. The van der Waals surface area contributed by atoms with Crippen LogP contribution in [0.25, 0.3) is 0 Å². The number of rotatable bonds is 5. The Kier molecular flexibility index (Phi) is 4.01. The molecule has 1 heterocycles. The summed E-state index contributed by atoms with van der Waals surface area (Å²) in [5.74, 6) is -0.290. The Morgan fingerprint density at radius 3 is 2.79 bits per heavy atom. The van der Waals surface area contributed by atoms with Crippen molar-refractivity contribution >= 4 is 10.1 Å². The van der Waals surface area contributed by atoms with E-state index in [2.05, 4.69) is 4.98 Å². The normalized spacial score (nSPS) is 11.7. The van der Waals surface area contributed by atoms with Crippen molar-refractivity contribution in [2.24, 2.45) is 0 Å². The maximum absolute atomic E-state index is 13.1. The third-order valence-corrected chi connectivity index (χ3v) is 3.18. The summed E-state index contributed by atoms with van der Waals surface area (Å²) >= 11 is 0. The van der Waals surface area contributed by atoms with Crippen LogP contribution in [-0.4, -0.2) is 19.7 Å². The van der Waals surface area contributed by atoms with Gasteiger partial charge in [0.15, 0.2) is 0 Å². The minimum atomic E-state index is -3.48. The summed E-state index contributed by atoms with van der Waals surface area (Å²) in [6.45, 7) is -0.0452. The van der Waals surface area contributed by atoms with Gasteiger partial charge in [0.25, 0.3) is 10.1 Å². The van der Waals surface area contributed by atoms with E-state index in [-0.39, 0.29) is 12.4 Å². The standard InChI is InChI=1S/C13H14FNO3S/c1-19(16,17)18-9-13-11(5-6-15-13)7-10-3-2-4-12(14)8-10/h2-6,8,15H,7,9H2,1H3. The van der Waals surface area contributed by atoms with Gasteiger partial charge in [-0.25, -0.2) is 4.39 Å². The lowest BCUT2D eigenvalue weighted by Crippen LogP contribution is -2.04. The van der Waals surface area contributed by atoms with Gasteiger partial charge in [-0.3, -0.25) is 4.18 Å². The van der Waals surface area contributed by atoms with Crippen LogP contribution in [-0.2, 0) is 27.3 Å². The summed E-state index contributed by atoms with van der Waals surface area (Å²) in [4.78, 5) is 2.93. The highest BCUT2D eigenvalue weighted by Gasteiger charge is 2.09. The van der Waals surface area contributed by atoms with Crippen molar-refractivity contribution in [3.05, 3.63) is 59.2 Å². The van der Waals surface area contributed by atoms with Gasteiger partial charge in [0.05, 0.1) is 6.26 Å². The van der Waals surface area contributed by atoms with Crippen molar-refractivity contribution < 1.29 is 17.0 Å². The van der Waals surface area contributed by atoms with E-state index < -0.39 is 10.1 Å². The lowest BCUT2D eigenvalue weighted by Gasteiger charge is -2.05.